The number of nitrogens with zero attached hydrogens (tertiary/aromatic N) is 4. The lowest BCUT2D eigenvalue weighted by molar-refractivity contribution is -0.0589. The Labute approximate surface area is 250 Å². The Kier molecular flexibility index (Phi) is 7.07. The van der Waals surface area contributed by atoms with Crippen molar-refractivity contribution in [3.8, 4) is 17.1 Å². The molecular weight excluding hydrogens is 570 g/mol. The van der Waals surface area contributed by atoms with Gasteiger partial charge < -0.3 is 24.6 Å². The average Bonchev–Trinajstić information content (AvgIpc) is 3.54. The largest absolute Gasteiger partial charge is 0.478 e. The van der Waals surface area contributed by atoms with Crippen LogP contribution in [0.25, 0.3) is 22.3 Å². The second-order valence-electron chi connectivity index (χ2n) is 10.8. The van der Waals surface area contributed by atoms with Gasteiger partial charge in [-0.1, -0.05) is 12.1 Å². The van der Waals surface area contributed by atoms with Crippen molar-refractivity contribution in [2.75, 3.05) is 24.1 Å². The Bertz CT molecular complexity index is 1910. The molecule has 0 amide bonds. The molecule has 1 atom stereocenters. The van der Waals surface area contributed by atoms with E-state index >= 15 is 8.78 Å². The first-order chi connectivity index (χ1) is 21.3. The maximum absolute atomic E-state index is 15.5. The molecule has 4 heterocycles. The number of halogens is 2. The third kappa shape index (κ3) is 5.29. The summed E-state index contributed by atoms with van der Waals surface area (Å²) >= 11 is 0. The molecule has 224 valence electrons. The summed E-state index contributed by atoms with van der Waals surface area (Å²) < 4.78 is 44.3. The quantitative estimate of drug-likeness (QED) is 0.208. The molecular formula is C32H28F2N6O4. The number of hydrazine groups is 2. The molecule has 5 aromatic rings. The number of aromatic carboxylic acids is 1. The Balaban J connectivity index is 1.13. The van der Waals surface area contributed by atoms with Crippen LogP contribution in [0.2, 0.25) is 0 Å². The van der Waals surface area contributed by atoms with Crippen molar-refractivity contribution in [2.24, 2.45) is 0 Å². The number of fused-ring (bicyclic) bond motifs is 2. The summed E-state index contributed by atoms with van der Waals surface area (Å²) in [5, 5.41) is 11.3. The van der Waals surface area contributed by atoms with E-state index in [9.17, 15) is 9.90 Å². The molecule has 0 bridgehead atoms. The number of hydrogen-bond acceptors (Lipinski definition) is 8. The Morgan fingerprint density at radius 2 is 1.95 bits per heavy atom. The summed E-state index contributed by atoms with van der Waals surface area (Å²) in [4.78, 5) is 20.6. The van der Waals surface area contributed by atoms with Gasteiger partial charge in [-0.15, -0.1) is 5.53 Å². The zero-order valence-corrected chi connectivity index (χ0v) is 23.7. The third-order valence-corrected chi connectivity index (χ3v) is 7.91. The van der Waals surface area contributed by atoms with Gasteiger partial charge in [0.05, 0.1) is 46.3 Å². The summed E-state index contributed by atoms with van der Waals surface area (Å²) in [6, 6.07) is 17.8. The lowest BCUT2D eigenvalue weighted by Gasteiger charge is -2.27. The zero-order chi connectivity index (χ0) is 30.4. The van der Waals surface area contributed by atoms with Crippen molar-refractivity contribution in [3.05, 3.63) is 101 Å². The lowest BCUT2D eigenvalue weighted by atomic mass is 10.0. The van der Waals surface area contributed by atoms with Crippen LogP contribution in [-0.2, 0) is 24.3 Å². The Morgan fingerprint density at radius 3 is 2.75 bits per heavy atom. The first kappa shape index (κ1) is 27.7. The van der Waals surface area contributed by atoms with E-state index in [1.165, 1.54) is 6.07 Å². The maximum Gasteiger partial charge on any atom is 0.335 e. The Hall–Kier alpha value is -5.07. The fourth-order valence-electron chi connectivity index (χ4n) is 5.44. The molecule has 7 rings (SSSR count). The number of anilines is 2. The fourth-order valence-corrected chi connectivity index (χ4v) is 5.44. The van der Waals surface area contributed by atoms with Gasteiger partial charge in [-0.05, 0) is 66.1 Å². The molecule has 2 aliphatic rings. The van der Waals surface area contributed by atoms with E-state index in [1.54, 1.807) is 30.3 Å². The molecule has 0 aliphatic carbocycles. The summed E-state index contributed by atoms with van der Waals surface area (Å²) in [6.07, 6.45) is 0.803. The van der Waals surface area contributed by atoms with Crippen molar-refractivity contribution in [2.45, 2.75) is 32.1 Å². The standard InChI is InChI=1S/C32H28F2N6O4/c1-39-28-8-5-18(11-27(28)37-38-39)17-44-31-4-2-3-25(36-31)22-15-23(33)20(12-24(22)34)14-30-35-26-7-6-19(32(41)42)13-29(26)40(30)16-21-9-10-43-21/h2-8,11-13,15,21,37-38H,9-10,14,16-17H2,1H3,(H,41,42)/t21-/m0/s1. The lowest BCUT2D eigenvalue weighted by Crippen LogP contribution is -2.31. The van der Waals surface area contributed by atoms with Gasteiger partial charge in [0.1, 0.15) is 24.1 Å². The van der Waals surface area contributed by atoms with Crippen LogP contribution < -0.4 is 20.7 Å². The first-order valence-electron chi connectivity index (χ1n) is 14.1. The number of ether oxygens (including phenoxy) is 2. The minimum absolute atomic E-state index is 0.00433. The van der Waals surface area contributed by atoms with Gasteiger partial charge in [0.25, 0.3) is 0 Å². The molecule has 12 heteroatoms. The normalized spacial score (nSPS) is 15.6. The highest BCUT2D eigenvalue weighted by Gasteiger charge is 2.24. The second-order valence-corrected chi connectivity index (χ2v) is 10.8. The summed E-state index contributed by atoms with van der Waals surface area (Å²) in [7, 11) is 1.90. The van der Waals surface area contributed by atoms with Crippen LogP contribution in [0, 0.1) is 11.6 Å². The number of nitrogens with one attached hydrogen (secondary N) is 2. The smallest absolute Gasteiger partial charge is 0.335 e. The number of benzene rings is 3. The molecule has 10 nitrogen and oxygen atoms in total. The molecule has 1 saturated heterocycles. The summed E-state index contributed by atoms with van der Waals surface area (Å²) in [6.45, 7) is 1.32. The summed E-state index contributed by atoms with van der Waals surface area (Å²) in [5.74, 6) is -1.53. The van der Waals surface area contributed by atoms with E-state index in [2.05, 4.69) is 20.9 Å². The van der Waals surface area contributed by atoms with Crippen LogP contribution in [0.1, 0.15) is 33.7 Å². The van der Waals surface area contributed by atoms with Crippen LogP contribution in [0.3, 0.4) is 0 Å². The molecule has 3 aromatic carbocycles. The SMILES string of the molecule is CN1NNc2cc(COc3cccc(-c4cc(F)c(Cc5nc6ccc(C(=O)O)cc6n5C[C@@H]5CCO5)cc4F)n3)ccc21. The van der Waals surface area contributed by atoms with E-state index in [4.69, 9.17) is 9.47 Å². The van der Waals surface area contributed by atoms with Crippen molar-refractivity contribution >= 4 is 28.4 Å². The van der Waals surface area contributed by atoms with Crippen LogP contribution in [0.15, 0.2) is 66.7 Å². The molecule has 0 radical (unpaired) electrons. The van der Waals surface area contributed by atoms with Crippen LogP contribution >= 0.6 is 0 Å². The highest BCUT2D eigenvalue weighted by molar-refractivity contribution is 5.92. The van der Waals surface area contributed by atoms with Crippen molar-refractivity contribution in [3.63, 3.8) is 0 Å². The predicted octanol–water partition coefficient (Wildman–Crippen LogP) is 5.31. The van der Waals surface area contributed by atoms with Gasteiger partial charge >= 0.3 is 5.97 Å². The number of aromatic nitrogens is 3. The van der Waals surface area contributed by atoms with E-state index < -0.39 is 17.6 Å². The number of carboxylic acids is 1. The van der Waals surface area contributed by atoms with E-state index in [1.807, 2.05) is 34.8 Å². The molecule has 2 aromatic heterocycles. The Morgan fingerprint density at radius 1 is 1.09 bits per heavy atom. The van der Waals surface area contributed by atoms with Crippen molar-refractivity contribution < 1.29 is 28.2 Å². The van der Waals surface area contributed by atoms with Crippen LogP contribution in [0.5, 0.6) is 5.88 Å². The number of imidazole rings is 1. The average molecular weight is 599 g/mol. The van der Waals surface area contributed by atoms with Gasteiger partial charge in [-0.3, -0.25) is 5.01 Å². The topological polar surface area (TPSA) is 114 Å². The van der Waals surface area contributed by atoms with E-state index in [-0.39, 0.29) is 47.4 Å². The number of rotatable bonds is 9. The maximum atomic E-state index is 15.5. The molecule has 0 spiro atoms. The molecule has 0 saturated carbocycles. The number of pyridine rings is 1. The van der Waals surface area contributed by atoms with Gasteiger partial charge in [0.15, 0.2) is 0 Å². The van der Waals surface area contributed by atoms with Crippen LogP contribution in [-0.4, -0.2) is 45.4 Å². The molecule has 3 N–H and O–H groups in total. The highest BCUT2D eigenvalue weighted by atomic mass is 19.1. The predicted molar refractivity (Wildman–Crippen MR) is 159 cm³/mol. The molecule has 1 fully saturated rings. The van der Waals surface area contributed by atoms with Crippen molar-refractivity contribution in [1.29, 1.82) is 0 Å². The first-order valence-corrected chi connectivity index (χ1v) is 14.1. The van der Waals surface area contributed by atoms with Gasteiger partial charge in [0, 0.05) is 31.7 Å². The van der Waals surface area contributed by atoms with E-state index in [0.29, 0.717) is 30.0 Å². The minimum atomic E-state index is -1.06. The second kappa shape index (κ2) is 11.2. The number of hydrogen-bond donors (Lipinski definition) is 3. The highest BCUT2D eigenvalue weighted by Crippen LogP contribution is 2.31. The fraction of sp³-hybridized carbons (Fsp3) is 0.219. The van der Waals surface area contributed by atoms with E-state index in [0.717, 1.165) is 35.5 Å². The van der Waals surface area contributed by atoms with Gasteiger partial charge in [-0.2, -0.15) is 0 Å². The number of carboxylic acid groups (broad SMARTS) is 1. The zero-order valence-electron chi connectivity index (χ0n) is 23.7. The minimum Gasteiger partial charge on any atom is -0.478 e. The third-order valence-electron chi connectivity index (χ3n) is 7.91. The van der Waals surface area contributed by atoms with Crippen LogP contribution in [0.4, 0.5) is 20.2 Å². The summed E-state index contributed by atoms with van der Waals surface area (Å²) in [5.41, 5.74) is 10.6. The molecule has 2 aliphatic heterocycles. The van der Waals surface area contributed by atoms with Gasteiger partial charge in [-0.25, -0.2) is 23.5 Å². The monoisotopic (exact) mass is 598 g/mol. The van der Waals surface area contributed by atoms with Crippen molar-refractivity contribution in [1.82, 2.24) is 20.1 Å². The molecule has 0 unspecified atom stereocenters. The number of carbonyl (C=O) groups is 1. The molecule has 44 heavy (non-hydrogen) atoms. The van der Waals surface area contributed by atoms with Gasteiger partial charge in [0.2, 0.25) is 5.88 Å².